The number of rotatable bonds is 8. The Hall–Kier alpha value is -2.31. The van der Waals surface area contributed by atoms with Crippen molar-refractivity contribution in [3.8, 4) is 17.4 Å². The molecule has 1 aromatic heterocycles. The highest BCUT2D eigenvalue weighted by atomic mass is 16.6. The van der Waals surface area contributed by atoms with Gasteiger partial charge < -0.3 is 24.1 Å². The van der Waals surface area contributed by atoms with Crippen LogP contribution < -0.4 is 9.47 Å². The van der Waals surface area contributed by atoms with Crippen LogP contribution in [0.5, 0.6) is 17.4 Å². The molecule has 1 fully saturated rings. The first-order chi connectivity index (χ1) is 13.2. The van der Waals surface area contributed by atoms with Gasteiger partial charge in [-0.1, -0.05) is 12.1 Å². The molecule has 27 heavy (non-hydrogen) atoms. The molecule has 3 rings (SSSR count). The van der Waals surface area contributed by atoms with Gasteiger partial charge in [-0.15, -0.1) is 0 Å². The minimum atomic E-state index is -0.101. The zero-order valence-corrected chi connectivity index (χ0v) is 15.9. The van der Waals surface area contributed by atoms with Gasteiger partial charge in [-0.05, 0) is 44.4 Å². The van der Waals surface area contributed by atoms with Gasteiger partial charge in [-0.3, -0.25) is 0 Å². The van der Waals surface area contributed by atoms with Crippen molar-refractivity contribution < 1.29 is 24.1 Å². The van der Waals surface area contributed by atoms with Crippen LogP contribution in [0, 0.1) is 6.92 Å². The Kier molecular flexibility index (Phi) is 6.90. The number of benzene rings is 1. The maximum absolute atomic E-state index is 10.2. The molecule has 1 saturated heterocycles. The van der Waals surface area contributed by atoms with E-state index >= 15 is 0 Å². The van der Waals surface area contributed by atoms with Crippen molar-refractivity contribution in [2.45, 2.75) is 32.8 Å². The van der Waals surface area contributed by atoms with Crippen LogP contribution in [0.25, 0.3) is 0 Å². The van der Waals surface area contributed by atoms with Crippen molar-refractivity contribution >= 4 is 0 Å². The third-order valence-electron chi connectivity index (χ3n) is 4.51. The lowest BCUT2D eigenvalue weighted by Crippen LogP contribution is -2.33. The molecule has 1 aliphatic rings. The van der Waals surface area contributed by atoms with E-state index in [0.29, 0.717) is 45.3 Å². The number of hydrogen-bond donors (Lipinski definition) is 1. The highest BCUT2D eigenvalue weighted by Crippen LogP contribution is 2.25. The second kappa shape index (κ2) is 9.58. The van der Waals surface area contributed by atoms with Crippen molar-refractivity contribution in [2.24, 2.45) is 0 Å². The first kappa shape index (κ1) is 19.5. The molecule has 146 valence electrons. The van der Waals surface area contributed by atoms with Crippen LogP contribution >= 0.6 is 0 Å². The Labute approximate surface area is 160 Å². The molecule has 1 unspecified atom stereocenters. The van der Waals surface area contributed by atoms with E-state index in [4.69, 9.17) is 18.9 Å². The van der Waals surface area contributed by atoms with E-state index in [0.717, 1.165) is 23.4 Å². The predicted octanol–water partition coefficient (Wildman–Crippen LogP) is 3.07. The molecule has 6 nitrogen and oxygen atoms in total. The fourth-order valence-electron chi connectivity index (χ4n) is 2.93. The minimum Gasteiger partial charge on any atom is -0.507 e. The van der Waals surface area contributed by atoms with Crippen molar-refractivity contribution in [2.75, 3.05) is 33.0 Å². The Morgan fingerprint density at radius 2 is 1.96 bits per heavy atom. The lowest BCUT2D eigenvalue weighted by atomic mass is 10.0. The summed E-state index contributed by atoms with van der Waals surface area (Å²) in [7, 11) is 0. The molecular weight excluding hydrogens is 346 g/mol. The molecule has 0 aliphatic carbocycles. The highest BCUT2D eigenvalue weighted by Gasteiger charge is 2.16. The Morgan fingerprint density at radius 3 is 2.67 bits per heavy atom. The second-order valence-electron chi connectivity index (χ2n) is 6.51. The van der Waals surface area contributed by atoms with Crippen LogP contribution in [0.4, 0.5) is 0 Å². The molecule has 0 bridgehead atoms. The van der Waals surface area contributed by atoms with Crippen molar-refractivity contribution in [3.63, 3.8) is 0 Å². The van der Waals surface area contributed by atoms with Gasteiger partial charge in [0.2, 0.25) is 5.88 Å². The summed E-state index contributed by atoms with van der Waals surface area (Å²) in [6.07, 6.45) is 1.44. The van der Waals surface area contributed by atoms with Crippen LogP contribution in [-0.2, 0) is 22.3 Å². The third kappa shape index (κ3) is 5.58. The zero-order valence-electron chi connectivity index (χ0n) is 15.9. The number of aryl methyl sites for hydroxylation is 2. The van der Waals surface area contributed by atoms with Gasteiger partial charge in [0.05, 0.1) is 32.1 Å². The minimum absolute atomic E-state index is 0.101. The first-order valence-electron chi connectivity index (χ1n) is 9.39. The average molecular weight is 373 g/mol. The van der Waals surface area contributed by atoms with E-state index in [1.54, 1.807) is 6.07 Å². The molecule has 6 heteroatoms. The summed E-state index contributed by atoms with van der Waals surface area (Å²) in [6.45, 7) is 6.57. The van der Waals surface area contributed by atoms with Crippen LogP contribution in [0.15, 0.2) is 30.3 Å². The van der Waals surface area contributed by atoms with Crippen molar-refractivity contribution in [3.05, 3.63) is 47.2 Å². The summed E-state index contributed by atoms with van der Waals surface area (Å²) < 4.78 is 22.1. The molecule has 0 radical (unpaired) electrons. The summed E-state index contributed by atoms with van der Waals surface area (Å²) in [4.78, 5) is 4.58. The number of aromatic nitrogens is 1. The van der Waals surface area contributed by atoms with Gasteiger partial charge in [0.25, 0.3) is 0 Å². The van der Waals surface area contributed by atoms with E-state index in [1.165, 1.54) is 5.56 Å². The Balaban J connectivity index is 1.60. The Morgan fingerprint density at radius 1 is 1.15 bits per heavy atom. The van der Waals surface area contributed by atoms with Gasteiger partial charge in [0.1, 0.15) is 24.2 Å². The van der Waals surface area contributed by atoms with Gasteiger partial charge in [0, 0.05) is 11.6 Å². The molecule has 2 aromatic rings. The summed E-state index contributed by atoms with van der Waals surface area (Å²) in [6, 6.07) is 9.62. The topological polar surface area (TPSA) is 70.0 Å². The number of pyridine rings is 1. The molecule has 1 atom stereocenters. The second-order valence-corrected chi connectivity index (χ2v) is 6.51. The van der Waals surface area contributed by atoms with Crippen LogP contribution in [0.1, 0.15) is 23.7 Å². The summed E-state index contributed by atoms with van der Waals surface area (Å²) in [5.41, 5.74) is 2.81. The van der Waals surface area contributed by atoms with Gasteiger partial charge in [-0.25, -0.2) is 4.98 Å². The molecular formula is C21H27NO5. The molecule has 0 saturated carbocycles. The zero-order chi connectivity index (χ0) is 19.1. The van der Waals surface area contributed by atoms with Crippen molar-refractivity contribution in [1.29, 1.82) is 0 Å². The number of nitrogens with zero attached hydrogens (tertiary/aromatic N) is 1. The monoisotopic (exact) mass is 373 g/mol. The molecule has 1 aliphatic heterocycles. The SMILES string of the molecule is CCOc1ccc(CCc2nc(OCC3COCCO3)cc(O)c2C)cc1. The first-order valence-corrected chi connectivity index (χ1v) is 9.39. The number of ether oxygens (including phenoxy) is 4. The number of hydrogen-bond acceptors (Lipinski definition) is 6. The van der Waals surface area contributed by atoms with E-state index in [1.807, 2.05) is 26.0 Å². The predicted molar refractivity (Wildman–Crippen MR) is 102 cm³/mol. The standard InChI is InChI=1S/C21H27NO5/c1-3-25-17-7-4-16(5-8-17)6-9-19-15(2)20(23)12-21(22-19)27-14-18-13-24-10-11-26-18/h4-5,7-8,12,18H,3,6,9-11,13-14H2,1-2H3,(H,22,23). The van der Waals surface area contributed by atoms with Gasteiger partial charge in [0.15, 0.2) is 0 Å². The van der Waals surface area contributed by atoms with E-state index in [-0.39, 0.29) is 11.9 Å². The maximum Gasteiger partial charge on any atom is 0.217 e. The van der Waals surface area contributed by atoms with E-state index in [2.05, 4.69) is 17.1 Å². The normalized spacial score (nSPS) is 16.9. The quantitative estimate of drug-likeness (QED) is 0.767. The lowest BCUT2D eigenvalue weighted by Gasteiger charge is -2.23. The van der Waals surface area contributed by atoms with Gasteiger partial charge >= 0.3 is 0 Å². The summed E-state index contributed by atoms with van der Waals surface area (Å²) in [5.74, 6) is 1.48. The molecule has 1 aromatic carbocycles. The number of aromatic hydroxyl groups is 1. The van der Waals surface area contributed by atoms with Crippen LogP contribution in [0.2, 0.25) is 0 Å². The summed E-state index contributed by atoms with van der Waals surface area (Å²) in [5, 5.41) is 10.2. The van der Waals surface area contributed by atoms with Crippen molar-refractivity contribution in [1.82, 2.24) is 4.98 Å². The fourth-order valence-corrected chi connectivity index (χ4v) is 2.93. The fraction of sp³-hybridized carbons (Fsp3) is 0.476. The highest BCUT2D eigenvalue weighted by molar-refractivity contribution is 5.39. The Bertz CT molecular complexity index is 726. The van der Waals surface area contributed by atoms with E-state index in [9.17, 15) is 5.11 Å². The maximum atomic E-state index is 10.2. The largest absolute Gasteiger partial charge is 0.507 e. The molecule has 0 amide bonds. The third-order valence-corrected chi connectivity index (χ3v) is 4.51. The lowest BCUT2D eigenvalue weighted by molar-refractivity contribution is -0.102. The molecule has 0 spiro atoms. The van der Waals surface area contributed by atoms with Crippen LogP contribution in [-0.4, -0.2) is 49.2 Å². The molecule has 2 heterocycles. The molecule has 1 N–H and O–H groups in total. The summed E-state index contributed by atoms with van der Waals surface area (Å²) >= 11 is 0. The van der Waals surface area contributed by atoms with Gasteiger partial charge in [-0.2, -0.15) is 0 Å². The van der Waals surface area contributed by atoms with Crippen LogP contribution in [0.3, 0.4) is 0 Å². The van der Waals surface area contributed by atoms with E-state index < -0.39 is 0 Å². The average Bonchev–Trinajstić information content (AvgIpc) is 2.70. The smallest absolute Gasteiger partial charge is 0.217 e.